The predicted molar refractivity (Wildman–Crippen MR) is 110 cm³/mol. The molecule has 0 aliphatic carbocycles. The van der Waals surface area contributed by atoms with Crippen molar-refractivity contribution in [1.82, 2.24) is 9.97 Å². The van der Waals surface area contributed by atoms with Gasteiger partial charge in [-0.2, -0.15) is 13.2 Å². The Morgan fingerprint density at radius 3 is 2.31 bits per heavy atom. The molecule has 0 aliphatic heterocycles. The second kappa shape index (κ2) is 9.33. The van der Waals surface area contributed by atoms with Gasteiger partial charge in [-0.25, -0.2) is 9.97 Å². The van der Waals surface area contributed by atoms with Gasteiger partial charge in [0.15, 0.2) is 0 Å². The highest BCUT2D eigenvalue weighted by molar-refractivity contribution is 6.04. The van der Waals surface area contributed by atoms with E-state index in [0.29, 0.717) is 11.4 Å². The molecule has 0 aliphatic rings. The van der Waals surface area contributed by atoms with E-state index in [-0.39, 0.29) is 17.2 Å². The van der Waals surface area contributed by atoms with Crippen molar-refractivity contribution < 1.29 is 27.5 Å². The van der Waals surface area contributed by atoms with E-state index >= 15 is 0 Å². The van der Waals surface area contributed by atoms with E-state index in [0.717, 1.165) is 12.1 Å². The van der Waals surface area contributed by atoms with Gasteiger partial charge in [-0.05, 0) is 49.4 Å². The highest BCUT2D eigenvalue weighted by atomic mass is 19.4. The van der Waals surface area contributed by atoms with E-state index in [4.69, 9.17) is 10.5 Å². The van der Waals surface area contributed by atoms with Crippen molar-refractivity contribution in [3.8, 4) is 11.5 Å². The van der Waals surface area contributed by atoms with Crippen LogP contribution in [-0.4, -0.2) is 27.8 Å². The molecular weight excluding hydrogens is 427 g/mol. The first kappa shape index (κ1) is 22.5. The van der Waals surface area contributed by atoms with E-state index in [1.54, 1.807) is 0 Å². The fourth-order valence-corrected chi connectivity index (χ4v) is 2.58. The molecule has 0 radical (unpaired) electrons. The molecule has 0 saturated heterocycles. The van der Waals surface area contributed by atoms with Crippen LogP contribution in [0, 0.1) is 0 Å². The van der Waals surface area contributed by atoms with Crippen molar-refractivity contribution in [3.05, 3.63) is 72.3 Å². The quantitative estimate of drug-likeness (QED) is 0.509. The first-order chi connectivity index (χ1) is 15.1. The predicted octanol–water partition coefficient (Wildman–Crippen LogP) is 3.83. The molecule has 3 aromatic rings. The number of anilines is 2. The number of carbonyl (C=O) groups excluding carboxylic acids is 2. The van der Waals surface area contributed by atoms with E-state index in [1.165, 1.54) is 55.8 Å². The molecule has 2 aromatic carbocycles. The molecule has 0 spiro atoms. The number of aromatic nitrogens is 2. The molecule has 11 heteroatoms. The molecule has 1 atom stereocenters. The number of amides is 2. The number of carbonyl (C=O) groups is 2. The van der Waals surface area contributed by atoms with E-state index in [2.05, 4.69) is 20.6 Å². The summed E-state index contributed by atoms with van der Waals surface area (Å²) in [6.07, 6.45) is -1.81. The number of nitrogens with zero attached hydrogens (tertiary/aromatic N) is 2. The van der Waals surface area contributed by atoms with Gasteiger partial charge in [-0.3, -0.25) is 9.59 Å². The van der Waals surface area contributed by atoms with Crippen LogP contribution >= 0.6 is 0 Å². The van der Waals surface area contributed by atoms with Crippen molar-refractivity contribution in [1.29, 1.82) is 0 Å². The highest BCUT2D eigenvalue weighted by Gasteiger charge is 2.30. The molecule has 4 N–H and O–H groups in total. The minimum atomic E-state index is -4.45. The largest absolute Gasteiger partial charge is 0.457 e. The third-order valence-electron chi connectivity index (χ3n) is 4.27. The molecule has 2 amide bonds. The average Bonchev–Trinajstić information content (AvgIpc) is 2.75. The maximum Gasteiger partial charge on any atom is 0.416 e. The van der Waals surface area contributed by atoms with Gasteiger partial charge in [-0.1, -0.05) is 0 Å². The Labute approximate surface area is 180 Å². The van der Waals surface area contributed by atoms with Gasteiger partial charge in [0, 0.05) is 12.3 Å². The second-order valence-corrected chi connectivity index (χ2v) is 6.65. The number of benzene rings is 2. The van der Waals surface area contributed by atoms with Crippen molar-refractivity contribution in [3.63, 3.8) is 0 Å². The number of alkyl halides is 3. The van der Waals surface area contributed by atoms with Crippen molar-refractivity contribution in [2.75, 3.05) is 10.6 Å². The van der Waals surface area contributed by atoms with Crippen molar-refractivity contribution >= 4 is 23.2 Å². The monoisotopic (exact) mass is 445 g/mol. The lowest BCUT2D eigenvalue weighted by atomic mass is 10.2. The molecule has 166 valence electrons. The smallest absolute Gasteiger partial charge is 0.416 e. The SMILES string of the molecule is C[C@H](Nc1cc(Oc2ccc(C(F)(F)F)cc2)ccc1NC(=O)c1ccncn1)C(N)=O. The summed E-state index contributed by atoms with van der Waals surface area (Å²) in [4.78, 5) is 31.5. The van der Waals surface area contributed by atoms with Gasteiger partial charge in [0.1, 0.15) is 29.6 Å². The fourth-order valence-electron chi connectivity index (χ4n) is 2.58. The second-order valence-electron chi connectivity index (χ2n) is 6.65. The van der Waals surface area contributed by atoms with E-state index in [9.17, 15) is 22.8 Å². The zero-order chi connectivity index (χ0) is 23.3. The maximum absolute atomic E-state index is 12.7. The lowest BCUT2D eigenvalue weighted by Gasteiger charge is -2.18. The number of halogens is 3. The van der Waals surface area contributed by atoms with Gasteiger partial charge in [0.25, 0.3) is 5.91 Å². The third kappa shape index (κ3) is 5.72. The molecule has 3 rings (SSSR count). The number of hydrogen-bond acceptors (Lipinski definition) is 6. The Bertz CT molecular complexity index is 1110. The number of hydrogen-bond donors (Lipinski definition) is 3. The third-order valence-corrected chi connectivity index (χ3v) is 4.27. The number of ether oxygens (including phenoxy) is 1. The number of rotatable bonds is 7. The van der Waals surface area contributed by atoms with Crippen LogP contribution in [-0.2, 0) is 11.0 Å². The highest BCUT2D eigenvalue weighted by Crippen LogP contribution is 2.33. The molecule has 0 unspecified atom stereocenters. The summed E-state index contributed by atoms with van der Waals surface area (Å²) in [6, 6.07) is 9.32. The zero-order valence-electron chi connectivity index (χ0n) is 16.7. The topological polar surface area (TPSA) is 119 Å². The fraction of sp³-hybridized carbons (Fsp3) is 0.143. The van der Waals surface area contributed by atoms with Gasteiger partial charge in [0.2, 0.25) is 5.91 Å². The summed E-state index contributed by atoms with van der Waals surface area (Å²) in [5.41, 5.74) is 5.25. The van der Waals surface area contributed by atoms with Crippen LogP contribution in [0.3, 0.4) is 0 Å². The van der Waals surface area contributed by atoms with Crippen LogP contribution < -0.4 is 21.1 Å². The van der Waals surface area contributed by atoms with Gasteiger partial charge in [-0.15, -0.1) is 0 Å². The van der Waals surface area contributed by atoms with E-state index < -0.39 is 29.6 Å². The van der Waals surface area contributed by atoms with Crippen molar-refractivity contribution in [2.45, 2.75) is 19.1 Å². The Morgan fingerprint density at radius 1 is 1.03 bits per heavy atom. The zero-order valence-corrected chi connectivity index (χ0v) is 16.7. The van der Waals surface area contributed by atoms with Crippen LogP contribution in [0.4, 0.5) is 24.5 Å². The first-order valence-corrected chi connectivity index (χ1v) is 9.26. The van der Waals surface area contributed by atoms with Crippen LogP contribution in [0.15, 0.2) is 61.1 Å². The number of primary amides is 1. The Kier molecular flexibility index (Phi) is 6.57. The molecule has 0 bridgehead atoms. The van der Waals surface area contributed by atoms with Crippen molar-refractivity contribution in [2.24, 2.45) is 5.73 Å². The molecule has 1 heterocycles. The Hall–Kier alpha value is -4.15. The Balaban J connectivity index is 1.85. The number of nitrogens with one attached hydrogen (secondary N) is 2. The standard InChI is InChI=1S/C21H18F3N5O3/c1-12(19(25)30)28-18-10-15(32-14-4-2-13(3-5-14)21(22,23)24)6-7-16(18)29-20(31)17-8-9-26-11-27-17/h2-12,28H,1H3,(H2,25,30)(H,29,31)/t12-/m0/s1. The normalized spacial score (nSPS) is 12.0. The van der Waals surface area contributed by atoms with E-state index in [1.807, 2.05) is 0 Å². The average molecular weight is 445 g/mol. The minimum Gasteiger partial charge on any atom is -0.457 e. The van der Waals surface area contributed by atoms with Crippen LogP contribution in [0.2, 0.25) is 0 Å². The molecule has 0 saturated carbocycles. The minimum absolute atomic E-state index is 0.124. The lowest BCUT2D eigenvalue weighted by molar-refractivity contribution is -0.137. The van der Waals surface area contributed by atoms with Gasteiger partial charge in [0.05, 0.1) is 16.9 Å². The van der Waals surface area contributed by atoms with Crippen LogP contribution in [0.5, 0.6) is 11.5 Å². The van der Waals surface area contributed by atoms with Crippen LogP contribution in [0.25, 0.3) is 0 Å². The molecule has 1 aromatic heterocycles. The molecular formula is C21H18F3N5O3. The van der Waals surface area contributed by atoms with Gasteiger partial charge >= 0.3 is 6.18 Å². The number of nitrogens with two attached hydrogens (primary N) is 1. The summed E-state index contributed by atoms with van der Waals surface area (Å²) in [6.45, 7) is 1.53. The lowest BCUT2D eigenvalue weighted by Crippen LogP contribution is -2.32. The Morgan fingerprint density at radius 2 is 1.72 bits per heavy atom. The summed E-state index contributed by atoms with van der Waals surface area (Å²) in [5, 5.41) is 5.53. The summed E-state index contributed by atoms with van der Waals surface area (Å²) in [5.74, 6) is -0.723. The van der Waals surface area contributed by atoms with Gasteiger partial charge < -0.3 is 21.1 Å². The van der Waals surface area contributed by atoms with Crippen LogP contribution in [0.1, 0.15) is 23.0 Å². The summed E-state index contributed by atoms with van der Waals surface area (Å²) < 4.78 is 43.8. The molecule has 8 nitrogen and oxygen atoms in total. The first-order valence-electron chi connectivity index (χ1n) is 9.26. The summed E-state index contributed by atoms with van der Waals surface area (Å²) in [7, 11) is 0. The molecule has 0 fully saturated rings. The molecule has 32 heavy (non-hydrogen) atoms. The summed E-state index contributed by atoms with van der Waals surface area (Å²) >= 11 is 0. The maximum atomic E-state index is 12.7.